The Morgan fingerprint density at radius 2 is 1.83 bits per heavy atom. The second-order valence-corrected chi connectivity index (χ2v) is 8.09. The van der Waals surface area contributed by atoms with Crippen LogP contribution < -0.4 is 10.1 Å². The van der Waals surface area contributed by atoms with Gasteiger partial charge in [0, 0.05) is 12.8 Å². The number of hydrogen-bond donors (Lipinski definition) is 1. The zero-order chi connectivity index (χ0) is 18.1. The molecule has 3 atom stereocenters. The van der Waals surface area contributed by atoms with Gasteiger partial charge in [-0.2, -0.15) is 0 Å². The molecule has 0 bridgehead atoms. The molecule has 4 nitrogen and oxygen atoms in total. The van der Waals surface area contributed by atoms with E-state index in [1.807, 2.05) is 65.0 Å². The summed E-state index contributed by atoms with van der Waals surface area (Å²) in [6.45, 7) is 16.1. The number of hydrogen-bond acceptors (Lipinski definition) is 3. The standard InChI is InChI=1S/C20H29NO3.H2/c1-8-20(6,7)17-16(21-18(22)23-17)13(2)14-9-11-15(12-10-14)24-19(3,4)5;/h8-13,16-17H,1H2,2-7H3,(H,21,22);1H/t13?,16-,17-;/m1./s1. The molecule has 2 rings (SSSR count). The molecule has 24 heavy (non-hydrogen) atoms. The summed E-state index contributed by atoms with van der Waals surface area (Å²) < 4.78 is 11.4. The molecule has 1 N–H and O–H groups in total. The summed E-state index contributed by atoms with van der Waals surface area (Å²) in [4.78, 5) is 11.8. The molecule has 1 aliphatic heterocycles. The van der Waals surface area contributed by atoms with Crippen molar-refractivity contribution in [3.05, 3.63) is 42.5 Å². The van der Waals surface area contributed by atoms with E-state index in [-0.39, 0.29) is 36.6 Å². The Kier molecular flexibility index (Phi) is 4.97. The van der Waals surface area contributed by atoms with Gasteiger partial charge >= 0.3 is 6.09 Å². The largest absolute Gasteiger partial charge is 0.488 e. The van der Waals surface area contributed by atoms with E-state index in [1.165, 1.54) is 0 Å². The van der Waals surface area contributed by atoms with Gasteiger partial charge in [-0.1, -0.05) is 39.0 Å². The Hall–Kier alpha value is -1.97. The average Bonchev–Trinajstić information content (AvgIpc) is 2.88. The minimum Gasteiger partial charge on any atom is -0.488 e. The average molecular weight is 333 g/mol. The van der Waals surface area contributed by atoms with Gasteiger partial charge in [-0.05, 0) is 38.5 Å². The van der Waals surface area contributed by atoms with E-state index >= 15 is 0 Å². The molecule has 1 aromatic carbocycles. The van der Waals surface area contributed by atoms with Gasteiger partial charge in [0.05, 0.1) is 6.04 Å². The number of cyclic esters (lactones) is 1. The van der Waals surface area contributed by atoms with Crippen LogP contribution in [0.3, 0.4) is 0 Å². The first-order valence-electron chi connectivity index (χ1n) is 8.43. The Bertz CT molecular complexity index is 604. The molecular weight excluding hydrogens is 302 g/mol. The predicted molar refractivity (Wildman–Crippen MR) is 98.5 cm³/mol. The van der Waals surface area contributed by atoms with Crippen LogP contribution in [0.25, 0.3) is 0 Å². The number of rotatable bonds is 5. The van der Waals surface area contributed by atoms with Gasteiger partial charge in [0.25, 0.3) is 0 Å². The third kappa shape index (κ3) is 4.11. The topological polar surface area (TPSA) is 47.6 Å². The molecule has 0 spiro atoms. The molecule has 1 aromatic rings. The predicted octanol–water partition coefficient (Wildman–Crippen LogP) is 4.90. The van der Waals surface area contributed by atoms with Crippen molar-refractivity contribution in [2.75, 3.05) is 0 Å². The van der Waals surface area contributed by atoms with E-state index in [1.54, 1.807) is 0 Å². The van der Waals surface area contributed by atoms with Gasteiger partial charge in [-0.15, -0.1) is 6.58 Å². The molecule has 1 fully saturated rings. The van der Waals surface area contributed by atoms with Crippen LogP contribution in [0.15, 0.2) is 36.9 Å². The van der Waals surface area contributed by atoms with Gasteiger partial charge in [-0.25, -0.2) is 4.79 Å². The number of ether oxygens (including phenoxy) is 2. The van der Waals surface area contributed by atoms with E-state index in [9.17, 15) is 4.79 Å². The van der Waals surface area contributed by atoms with Crippen molar-refractivity contribution in [2.24, 2.45) is 5.41 Å². The smallest absolute Gasteiger partial charge is 0.407 e. The summed E-state index contributed by atoms with van der Waals surface area (Å²) in [6.07, 6.45) is 1.24. The Morgan fingerprint density at radius 3 is 2.33 bits per heavy atom. The van der Waals surface area contributed by atoms with Crippen LogP contribution in [0.5, 0.6) is 5.75 Å². The zero-order valence-corrected chi connectivity index (χ0v) is 15.6. The molecule has 1 amide bonds. The first-order chi connectivity index (χ1) is 11.0. The molecule has 0 aromatic heterocycles. The van der Waals surface area contributed by atoms with Crippen LogP contribution in [0.2, 0.25) is 0 Å². The molecule has 0 aliphatic carbocycles. The van der Waals surface area contributed by atoms with Crippen molar-refractivity contribution in [3.63, 3.8) is 0 Å². The number of carbonyl (C=O) groups is 1. The number of alkyl carbamates (subject to hydrolysis) is 1. The first-order valence-corrected chi connectivity index (χ1v) is 8.43. The van der Waals surface area contributed by atoms with E-state index < -0.39 is 0 Å². The number of carbonyl (C=O) groups excluding carboxylic acids is 1. The van der Waals surface area contributed by atoms with Gasteiger partial charge in [-0.3, -0.25) is 0 Å². The summed E-state index contributed by atoms with van der Waals surface area (Å²) in [6, 6.07) is 7.95. The van der Waals surface area contributed by atoms with Crippen LogP contribution in [-0.2, 0) is 4.74 Å². The molecule has 0 saturated carbocycles. The van der Waals surface area contributed by atoms with Gasteiger partial charge in [0.2, 0.25) is 0 Å². The van der Waals surface area contributed by atoms with Gasteiger partial charge in [0.1, 0.15) is 17.5 Å². The Morgan fingerprint density at radius 1 is 1.25 bits per heavy atom. The molecular formula is C20H31NO3. The number of nitrogens with one attached hydrogen (secondary N) is 1. The van der Waals surface area contributed by atoms with Crippen molar-refractivity contribution in [1.82, 2.24) is 5.32 Å². The SMILES string of the molecule is C=CC(C)(C)[C@@H]1OC(=O)N[C@@H]1C(C)c1ccc(OC(C)(C)C)cc1.[HH]. The highest BCUT2D eigenvalue weighted by Gasteiger charge is 2.45. The monoisotopic (exact) mass is 333 g/mol. The lowest BCUT2D eigenvalue weighted by atomic mass is 9.77. The Labute approximate surface area is 146 Å². The van der Waals surface area contributed by atoms with Crippen LogP contribution in [-0.4, -0.2) is 23.8 Å². The van der Waals surface area contributed by atoms with E-state index in [4.69, 9.17) is 9.47 Å². The van der Waals surface area contributed by atoms with E-state index in [2.05, 4.69) is 18.8 Å². The van der Waals surface area contributed by atoms with Crippen LogP contribution in [0, 0.1) is 5.41 Å². The van der Waals surface area contributed by atoms with Crippen LogP contribution >= 0.6 is 0 Å². The highest BCUT2D eigenvalue weighted by atomic mass is 16.6. The summed E-state index contributed by atoms with van der Waals surface area (Å²) in [5.74, 6) is 0.956. The highest BCUT2D eigenvalue weighted by Crippen LogP contribution is 2.36. The number of amides is 1. The number of benzene rings is 1. The van der Waals surface area contributed by atoms with Crippen molar-refractivity contribution in [2.45, 2.75) is 65.2 Å². The quantitative estimate of drug-likeness (QED) is 0.779. The molecule has 134 valence electrons. The summed E-state index contributed by atoms with van der Waals surface area (Å²) >= 11 is 0. The summed E-state index contributed by atoms with van der Waals surface area (Å²) in [5.41, 5.74) is 0.615. The van der Waals surface area contributed by atoms with Gasteiger partial charge < -0.3 is 14.8 Å². The van der Waals surface area contributed by atoms with Crippen molar-refractivity contribution in [3.8, 4) is 5.75 Å². The first kappa shape index (κ1) is 18.4. The van der Waals surface area contributed by atoms with E-state index in [0.29, 0.717) is 0 Å². The normalized spacial score (nSPS) is 22.5. The van der Waals surface area contributed by atoms with Gasteiger partial charge in [0.15, 0.2) is 0 Å². The minimum atomic E-state index is -0.362. The van der Waals surface area contributed by atoms with Crippen molar-refractivity contribution in [1.29, 1.82) is 0 Å². The third-order valence-electron chi connectivity index (χ3n) is 4.47. The fourth-order valence-electron chi connectivity index (χ4n) is 2.95. The maximum absolute atomic E-state index is 11.8. The third-order valence-corrected chi connectivity index (χ3v) is 4.47. The molecule has 1 heterocycles. The fraction of sp³-hybridized carbons (Fsp3) is 0.550. The van der Waals surface area contributed by atoms with E-state index in [0.717, 1.165) is 11.3 Å². The lowest BCUT2D eigenvalue weighted by molar-refractivity contribution is 0.0671. The lowest BCUT2D eigenvalue weighted by Crippen LogP contribution is -2.43. The molecule has 1 unspecified atom stereocenters. The summed E-state index contributed by atoms with van der Waals surface area (Å²) in [7, 11) is 0. The molecule has 0 radical (unpaired) electrons. The van der Waals surface area contributed by atoms with Crippen molar-refractivity contribution < 1.29 is 15.7 Å². The zero-order valence-electron chi connectivity index (χ0n) is 15.6. The molecule has 1 saturated heterocycles. The van der Waals surface area contributed by atoms with Crippen molar-refractivity contribution >= 4 is 6.09 Å². The van der Waals surface area contributed by atoms with Crippen LogP contribution in [0.1, 0.15) is 54.5 Å². The Balaban J connectivity index is 0.00000312. The lowest BCUT2D eigenvalue weighted by Gasteiger charge is -2.33. The van der Waals surface area contributed by atoms with Crippen LogP contribution in [0.4, 0.5) is 4.79 Å². The second-order valence-electron chi connectivity index (χ2n) is 8.09. The highest BCUT2D eigenvalue weighted by molar-refractivity contribution is 5.70. The fourth-order valence-corrected chi connectivity index (χ4v) is 2.95. The molecule has 4 heteroatoms. The summed E-state index contributed by atoms with van der Waals surface area (Å²) in [5, 5.41) is 2.96. The second kappa shape index (κ2) is 6.50. The maximum Gasteiger partial charge on any atom is 0.407 e. The molecule has 1 aliphatic rings. The maximum atomic E-state index is 11.8. The minimum absolute atomic E-state index is 0.